The number of carbonyl (C=O) groups excluding carboxylic acids is 1. The molecule has 4 nitrogen and oxygen atoms in total. The number of sulfone groups is 1. The number of rotatable bonds is 1. The van der Waals surface area contributed by atoms with Crippen molar-refractivity contribution in [3.63, 3.8) is 0 Å². The second-order valence-electron chi connectivity index (χ2n) is 7.45. The topological polar surface area (TPSA) is 60.4 Å². The van der Waals surface area contributed by atoms with E-state index in [2.05, 4.69) is 0 Å². The van der Waals surface area contributed by atoms with E-state index in [1.807, 2.05) is 31.2 Å². The smallest absolute Gasteiger partial charge is 0.178 e. The van der Waals surface area contributed by atoms with Gasteiger partial charge < -0.3 is 4.74 Å². The van der Waals surface area contributed by atoms with Crippen LogP contribution in [0.1, 0.15) is 37.8 Å². The van der Waals surface area contributed by atoms with Gasteiger partial charge in [0.1, 0.15) is 5.75 Å². The van der Waals surface area contributed by atoms with Crippen LogP contribution in [-0.2, 0) is 21.1 Å². The monoisotopic (exact) mass is 358 g/mol. The van der Waals surface area contributed by atoms with Gasteiger partial charge in [0.15, 0.2) is 15.6 Å². The minimum Gasteiger partial charge on any atom is -0.497 e. The molecule has 1 aliphatic heterocycles. The lowest BCUT2D eigenvalue weighted by atomic mass is 9.59. The van der Waals surface area contributed by atoms with Crippen molar-refractivity contribution in [3.8, 4) is 5.75 Å². The van der Waals surface area contributed by atoms with Crippen LogP contribution in [0.15, 0.2) is 35.3 Å². The van der Waals surface area contributed by atoms with Gasteiger partial charge in [-0.25, -0.2) is 8.42 Å². The van der Waals surface area contributed by atoms with Crippen LogP contribution in [0.4, 0.5) is 0 Å². The van der Waals surface area contributed by atoms with Crippen molar-refractivity contribution in [2.75, 3.05) is 7.11 Å². The van der Waals surface area contributed by atoms with Crippen LogP contribution in [-0.4, -0.2) is 26.6 Å². The molecule has 4 rings (SSSR count). The molecular formula is C20H22O4S. The van der Waals surface area contributed by atoms with E-state index >= 15 is 0 Å². The van der Waals surface area contributed by atoms with Gasteiger partial charge in [0, 0.05) is 4.91 Å². The van der Waals surface area contributed by atoms with E-state index < -0.39 is 20.5 Å². The molecule has 3 aliphatic rings. The Labute approximate surface area is 148 Å². The van der Waals surface area contributed by atoms with E-state index in [4.69, 9.17) is 4.74 Å². The third-order valence-corrected chi connectivity index (χ3v) is 8.78. The highest BCUT2D eigenvalue weighted by Gasteiger charge is 2.57. The molecule has 0 amide bonds. The first-order valence-corrected chi connectivity index (χ1v) is 10.2. The van der Waals surface area contributed by atoms with E-state index in [0.717, 1.165) is 29.7 Å². The molecule has 1 aromatic carbocycles. The summed E-state index contributed by atoms with van der Waals surface area (Å²) in [6.07, 6.45) is 5.40. The fourth-order valence-electron chi connectivity index (χ4n) is 4.83. The normalized spacial score (nSPS) is 32.7. The van der Waals surface area contributed by atoms with Gasteiger partial charge >= 0.3 is 0 Å². The maximum atomic E-state index is 12.9. The lowest BCUT2D eigenvalue weighted by molar-refractivity contribution is -0.125. The molecule has 0 fully saturated rings. The van der Waals surface area contributed by atoms with Crippen molar-refractivity contribution in [3.05, 3.63) is 46.4 Å². The fraction of sp³-hybridized carbons (Fsp3) is 0.450. The Morgan fingerprint density at radius 1 is 1.28 bits per heavy atom. The molecule has 0 unspecified atom stereocenters. The Hall–Kier alpha value is -1.88. The molecule has 0 N–H and O–H groups in total. The summed E-state index contributed by atoms with van der Waals surface area (Å²) in [6.45, 7) is 3.39. The summed E-state index contributed by atoms with van der Waals surface area (Å²) < 4.78 is 31.0. The second-order valence-corrected chi connectivity index (χ2v) is 9.75. The number of ether oxygens (including phenoxy) is 1. The number of fused-ring (bicyclic) bond motifs is 5. The van der Waals surface area contributed by atoms with E-state index in [1.54, 1.807) is 7.11 Å². The SMILES string of the molecule is COc1ccc2c(c1)CC[C@@H]1C2=CC[C@H]2[C@]1(C)C(=O)C=C(C)S2(=O)=O. The van der Waals surface area contributed by atoms with Crippen LogP contribution in [0.2, 0.25) is 0 Å². The average Bonchev–Trinajstić information content (AvgIpc) is 2.59. The summed E-state index contributed by atoms with van der Waals surface area (Å²) in [4.78, 5) is 13.1. The second kappa shape index (κ2) is 5.31. The standard InChI is InChI=1S/C20H22O4S/c1-12-10-18(21)20(2)17-8-4-13-11-14(24-3)5-6-15(13)16(17)7-9-19(20)25(12,22)23/h5-7,10-11,17,19H,4,8-9H2,1-3H3/t17-,19+,20+/m1/s1. The summed E-state index contributed by atoms with van der Waals surface area (Å²) in [5.74, 6) is 0.726. The zero-order valence-corrected chi connectivity index (χ0v) is 15.5. The number of benzene rings is 1. The predicted octanol–water partition coefficient (Wildman–Crippen LogP) is 3.32. The molecule has 0 radical (unpaired) electrons. The zero-order chi connectivity index (χ0) is 18.0. The Bertz CT molecular complexity index is 938. The van der Waals surface area contributed by atoms with E-state index in [1.165, 1.54) is 18.6 Å². The Morgan fingerprint density at radius 2 is 2.04 bits per heavy atom. The summed E-state index contributed by atoms with van der Waals surface area (Å²) in [7, 11) is -1.76. The Balaban J connectivity index is 1.87. The number of methoxy groups -OCH3 is 1. The third kappa shape index (κ3) is 2.11. The lowest BCUT2D eigenvalue weighted by Gasteiger charge is -2.49. The van der Waals surface area contributed by atoms with Gasteiger partial charge in [0.25, 0.3) is 0 Å². The van der Waals surface area contributed by atoms with E-state index in [9.17, 15) is 13.2 Å². The van der Waals surface area contributed by atoms with Gasteiger partial charge in [0.05, 0.1) is 17.8 Å². The Kier molecular flexibility index (Phi) is 3.52. The van der Waals surface area contributed by atoms with Crippen molar-refractivity contribution in [1.82, 2.24) is 0 Å². The number of hydrogen-bond donors (Lipinski definition) is 0. The average molecular weight is 358 g/mol. The van der Waals surface area contributed by atoms with Gasteiger partial charge in [-0.05, 0) is 67.0 Å². The fourth-order valence-corrected chi connectivity index (χ4v) is 6.83. The van der Waals surface area contributed by atoms with Crippen LogP contribution in [0.3, 0.4) is 0 Å². The van der Waals surface area contributed by atoms with Crippen LogP contribution in [0.25, 0.3) is 5.57 Å². The van der Waals surface area contributed by atoms with Crippen LogP contribution in [0.5, 0.6) is 5.75 Å². The van der Waals surface area contributed by atoms with Crippen molar-refractivity contribution in [2.45, 2.75) is 38.4 Å². The molecule has 0 spiro atoms. The molecule has 1 aromatic rings. The number of hydrogen-bond acceptors (Lipinski definition) is 4. The number of ketones is 1. The lowest BCUT2D eigenvalue weighted by Crippen LogP contribution is -2.54. The highest BCUT2D eigenvalue weighted by molar-refractivity contribution is 7.96. The first-order valence-electron chi connectivity index (χ1n) is 8.64. The molecule has 25 heavy (non-hydrogen) atoms. The molecule has 0 saturated carbocycles. The predicted molar refractivity (Wildman–Crippen MR) is 97.0 cm³/mol. The molecule has 1 heterocycles. The van der Waals surface area contributed by atoms with Crippen molar-refractivity contribution in [1.29, 1.82) is 0 Å². The number of allylic oxidation sites excluding steroid dienone is 4. The number of aryl methyl sites for hydroxylation is 1. The highest BCUT2D eigenvalue weighted by atomic mass is 32.2. The van der Waals surface area contributed by atoms with Crippen molar-refractivity contribution >= 4 is 21.2 Å². The van der Waals surface area contributed by atoms with Crippen molar-refractivity contribution in [2.24, 2.45) is 11.3 Å². The largest absolute Gasteiger partial charge is 0.497 e. The molecule has 0 aromatic heterocycles. The van der Waals surface area contributed by atoms with Gasteiger partial charge in [-0.2, -0.15) is 0 Å². The minimum atomic E-state index is -3.42. The molecule has 2 aliphatic carbocycles. The highest BCUT2D eigenvalue weighted by Crippen LogP contribution is 2.55. The van der Waals surface area contributed by atoms with Crippen LogP contribution < -0.4 is 4.74 Å². The van der Waals surface area contributed by atoms with Gasteiger partial charge in [-0.15, -0.1) is 0 Å². The first kappa shape index (κ1) is 16.6. The first-order chi connectivity index (χ1) is 11.8. The third-order valence-electron chi connectivity index (χ3n) is 6.33. The van der Waals surface area contributed by atoms with E-state index in [0.29, 0.717) is 6.42 Å². The van der Waals surface area contributed by atoms with Crippen LogP contribution in [0, 0.1) is 11.3 Å². The molecule has 3 atom stereocenters. The van der Waals surface area contributed by atoms with Gasteiger partial charge in [-0.3, -0.25) is 4.79 Å². The quantitative estimate of drug-likeness (QED) is 0.773. The summed E-state index contributed by atoms with van der Waals surface area (Å²) in [5.41, 5.74) is 2.59. The summed E-state index contributed by atoms with van der Waals surface area (Å²) >= 11 is 0. The maximum Gasteiger partial charge on any atom is 0.178 e. The van der Waals surface area contributed by atoms with E-state index in [-0.39, 0.29) is 16.6 Å². The Morgan fingerprint density at radius 3 is 2.76 bits per heavy atom. The van der Waals surface area contributed by atoms with Crippen molar-refractivity contribution < 1.29 is 17.9 Å². The molecule has 5 heteroatoms. The molecule has 0 saturated heterocycles. The molecule has 132 valence electrons. The maximum absolute atomic E-state index is 12.9. The summed E-state index contributed by atoms with van der Waals surface area (Å²) in [5, 5.41) is -0.647. The van der Waals surface area contributed by atoms with Gasteiger partial charge in [-0.1, -0.05) is 19.1 Å². The summed E-state index contributed by atoms with van der Waals surface area (Å²) in [6, 6.07) is 6.02. The van der Waals surface area contributed by atoms with Crippen LogP contribution >= 0.6 is 0 Å². The molecular weight excluding hydrogens is 336 g/mol. The molecule has 0 bridgehead atoms. The van der Waals surface area contributed by atoms with Gasteiger partial charge in [0.2, 0.25) is 0 Å². The number of carbonyl (C=O) groups is 1. The zero-order valence-electron chi connectivity index (χ0n) is 14.7. The minimum absolute atomic E-state index is 0.0441.